The Kier molecular flexibility index (Phi) is 5.16. The Morgan fingerprint density at radius 2 is 2.24 bits per heavy atom. The summed E-state index contributed by atoms with van der Waals surface area (Å²) >= 11 is 0. The molecular weight excluding hydrogens is 246 g/mol. The van der Waals surface area contributed by atoms with Crippen LogP contribution in [0.2, 0.25) is 0 Å². The molecule has 0 aromatic heterocycles. The van der Waals surface area contributed by atoms with Gasteiger partial charge in [-0.2, -0.15) is 13.1 Å². The van der Waals surface area contributed by atoms with Gasteiger partial charge in [0, 0.05) is 12.6 Å². The summed E-state index contributed by atoms with van der Waals surface area (Å²) in [5.74, 6) is 0.232. The zero-order chi connectivity index (χ0) is 12.9. The molecule has 0 aliphatic carbocycles. The SMILES string of the molecule is CCOC(=O)NS(=O)(=O)NC1CNCCC1C. The maximum Gasteiger partial charge on any atom is 0.421 e. The lowest BCUT2D eigenvalue weighted by molar-refractivity contribution is 0.158. The van der Waals surface area contributed by atoms with Gasteiger partial charge in [0.1, 0.15) is 0 Å². The van der Waals surface area contributed by atoms with Crippen molar-refractivity contribution in [3.05, 3.63) is 0 Å². The summed E-state index contributed by atoms with van der Waals surface area (Å²) in [7, 11) is -3.85. The predicted octanol–water partition coefficient (Wildman–Crippen LogP) is -0.435. The predicted molar refractivity (Wildman–Crippen MR) is 62.7 cm³/mol. The molecule has 1 fully saturated rings. The van der Waals surface area contributed by atoms with Crippen LogP contribution in [0.15, 0.2) is 0 Å². The molecule has 17 heavy (non-hydrogen) atoms. The fourth-order valence-electron chi connectivity index (χ4n) is 1.65. The monoisotopic (exact) mass is 265 g/mol. The van der Waals surface area contributed by atoms with E-state index in [1.165, 1.54) is 0 Å². The van der Waals surface area contributed by atoms with Crippen molar-refractivity contribution in [1.29, 1.82) is 0 Å². The molecule has 0 aromatic rings. The van der Waals surface area contributed by atoms with Crippen LogP contribution in [0.1, 0.15) is 20.3 Å². The highest BCUT2D eigenvalue weighted by Gasteiger charge is 2.26. The molecule has 8 heteroatoms. The van der Waals surface area contributed by atoms with Crippen molar-refractivity contribution in [3.8, 4) is 0 Å². The van der Waals surface area contributed by atoms with E-state index in [4.69, 9.17) is 0 Å². The first-order valence-corrected chi connectivity index (χ1v) is 7.10. The third kappa shape index (κ3) is 4.88. The van der Waals surface area contributed by atoms with Crippen molar-refractivity contribution >= 4 is 16.3 Å². The second kappa shape index (κ2) is 6.18. The van der Waals surface area contributed by atoms with Gasteiger partial charge in [-0.1, -0.05) is 6.92 Å². The number of hydrogen-bond acceptors (Lipinski definition) is 5. The molecule has 1 saturated heterocycles. The molecule has 1 aliphatic rings. The third-order valence-corrected chi connectivity index (χ3v) is 3.68. The molecule has 0 radical (unpaired) electrons. The van der Waals surface area contributed by atoms with Gasteiger partial charge >= 0.3 is 16.3 Å². The van der Waals surface area contributed by atoms with Crippen molar-refractivity contribution in [1.82, 2.24) is 14.8 Å². The number of ether oxygens (including phenoxy) is 1. The van der Waals surface area contributed by atoms with Gasteiger partial charge in [0.2, 0.25) is 0 Å². The van der Waals surface area contributed by atoms with E-state index in [9.17, 15) is 13.2 Å². The average Bonchev–Trinajstić information content (AvgIpc) is 2.20. The molecular formula is C9H19N3O4S. The second-order valence-corrected chi connectivity index (χ2v) is 5.47. The van der Waals surface area contributed by atoms with Crippen LogP contribution < -0.4 is 14.8 Å². The molecule has 7 nitrogen and oxygen atoms in total. The molecule has 2 unspecified atom stereocenters. The summed E-state index contributed by atoms with van der Waals surface area (Å²) in [5, 5.41) is 3.10. The lowest BCUT2D eigenvalue weighted by atomic mass is 9.96. The Balaban J connectivity index is 2.50. The molecule has 3 N–H and O–H groups in total. The Morgan fingerprint density at radius 3 is 2.82 bits per heavy atom. The van der Waals surface area contributed by atoms with Crippen LogP contribution in [0.5, 0.6) is 0 Å². The minimum Gasteiger partial charge on any atom is -0.449 e. The van der Waals surface area contributed by atoms with E-state index in [2.05, 4.69) is 14.8 Å². The Bertz CT molecular complexity index is 357. The van der Waals surface area contributed by atoms with Crippen LogP contribution in [-0.2, 0) is 14.9 Å². The van der Waals surface area contributed by atoms with Gasteiger partial charge in [-0.15, -0.1) is 0 Å². The lowest BCUT2D eigenvalue weighted by Gasteiger charge is -2.29. The summed E-state index contributed by atoms with van der Waals surface area (Å²) in [6.07, 6.45) is -0.0662. The van der Waals surface area contributed by atoms with Crippen molar-refractivity contribution in [3.63, 3.8) is 0 Å². The van der Waals surface area contributed by atoms with Crippen LogP contribution >= 0.6 is 0 Å². The van der Waals surface area contributed by atoms with Crippen molar-refractivity contribution in [2.75, 3.05) is 19.7 Å². The minimum absolute atomic E-state index is 0.128. The molecule has 1 amide bonds. The fourth-order valence-corrected chi connectivity index (χ4v) is 2.70. The van der Waals surface area contributed by atoms with Crippen LogP contribution in [0, 0.1) is 5.92 Å². The largest absolute Gasteiger partial charge is 0.449 e. The zero-order valence-corrected chi connectivity index (χ0v) is 10.8. The van der Waals surface area contributed by atoms with E-state index in [0.29, 0.717) is 6.54 Å². The van der Waals surface area contributed by atoms with Gasteiger partial charge in [-0.25, -0.2) is 9.52 Å². The van der Waals surface area contributed by atoms with Crippen LogP contribution in [0.3, 0.4) is 0 Å². The summed E-state index contributed by atoms with van der Waals surface area (Å²) in [6.45, 7) is 5.14. The van der Waals surface area contributed by atoms with Gasteiger partial charge in [-0.05, 0) is 25.8 Å². The number of rotatable bonds is 4. The molecule has 1 heterocycles. The lowest BCUT2D eigenvalue weighted by Crippen LogP contribution is -2.53. The smallest absolute Gasteiger partial charge is 0.421 e. The highest BCUT2D eigenvalue weighted by molar-refractivity contribution is 7.88. The second-order valence-electron chi connectivity index (χ2n) is 4.02. The van der Waals surface area contributed by atoms with Crippen molar-refractivity contribution in [2.24, 2.45) is 5.92 Å². The zero-order valence-electron chi connectivity index (χ0n) is 10.0. The summed E-state index contributed by atoms with van der Waals surface area (Å²) in [4.78, 5) is 11.0. The topological polar surface area (TPSA) is 96.5 Å². The first-order chi connectivity index (χ1) is 7.94. The van der Waals surface area contributed by atoms with Crippen LogP contribution in [0.4, 0.5) is 4.79 Å². The molecule has 0 bridgehead atoms. The molecule has 2 atom stereocenters. The minimum atomic E-state index is -3.85. The van der Waals surface area contributed by atoms with Gasteiger partial charge in [-0.3, -0.25) is 0 Å². The molecule has 0 saturated carbocycles. The highest BCUT2D eigenvalue weighted by Crippen LogP contribution is 2.11. The number of amides is 1. The van der Waals surface area contributed by atoms with E-state index >= 15 is 0 Å². The molecule has 1 aliphatic heterocycles. The molecule has 0 aromatic carbocycles. The summed E-state index contributed by atoms with van der Waals surface area (Å²) in [5.41, 5.74) is 0. The Labute approximate surface area is 101 Å². The Morgan fingerprint density at radius 1 is 1.53 bits per heavy atom. The van der Waals surface area contributed by atoms with Gasteiger partial charge in [0.25, 0.3) is 0 Å². The quantitative estimate of drug-likeness (QED) is 0.640. The number of hydrogen-bond donors (Lipinski definition) is 3. The molecule has 1 rings (SSSR count). The first kappa shape index (κ1) is 14.2. The first-order valence-electron chi connectivity index (χ1n) is 5.62. The van der Waals surface area contributed by atoms with Crippen LogP contribution in [-0.4, -0.2) is 40.2 Å². The van der Waals surface area contributed by atoms with E-state index in [1.807, 2.05) is 6.92 Å². The van der Waals surface area contributed by atoms with Crippen molar-refractivity contribution < 1.29 is 17.9 Å². The standard InChI is InChI=1S/C9H19N3O4S/c1-3-16-9(13)12-17(14,15)11-8-6-10-5-4-7(8)2/h7-8,10-11H,3-6H2,1-2H3,(H,12,13). The van der Waals surface area contributed by atoms with Gasteiger partial charge in [0.05, 0.1) is 6.61 Å². The molecule has 100 valence electrons. The van der Waals surface area contributed by atoms with Crippen LogP contribution in [0.25, 0.3) is 0 Å². The molecule has 0 spiro atoms. The van der Waals surface area contributed by atoms with Gasteiger partial charge < -0.3 is 10.1 Å². The van der Waals surface area contributed by atoms with E-state index in [1.54, 1.807) is 11.6 Å². The van der Waals surface area contributed by atoms with E-state index < -0.39 is 16.3 Å². The number of carbonyl (C=O) groups is 1. The Hall–Kier alpha value is -0.860. The average molecular weight is 265 g/mol. The third-order valence-electron chi connectivity index (χ3n) is 2.63. The highest BCUT2D eigenvalue weighted by atomic mass is 32.2. The summed E-state index contributed by atoms with van der Waals surface area (Å²) < 4.78 is 31.9. The maximum atomic E-state index is 11.6. The number of piperidine rings is 1. The normalized spacial score (nSPS) is 25.3. The fraction of sp³-hybridized carbons (Fsp3) is 0.889. The number of carbonyl (C=O) groups excluding carboxylic acids is 1. The summed E-state index contributed by atoms with van der Waals surface area (Å²) in [6, 6.07) is -0.212. The van der Waals surface area contributed by atoms with E-state index in [-0.39, 0.29) is 18.6 Å². The van der Waals surface area contributed by atoms with Crippen molar-refractivity contribution in [2.45, 2.75) is 26.3 Å². The van der Waals surface area contributed by atoms with E-state index in [0.717, 1.165) is 13.0 Å². The maximum absolute atomic E-state index is 11.6. The van der Waals surface area contributed by atoms with Gasteiger partial charge in [0.15, 0.2) is 0 Å². The number of nitrogens with one attached hydrogen (secondary N) is 3.